The number of hydrogen-bond acceptors (Lipinski definition) is 6. The number of hydrogen-bond donors (Lipinski definition) is 4. The van der Waals surface area contributed by atoms with Crippen LogP contribution in [-0.2, 0) is 14.4 Å². The summed E-state index contributed by atoms with van der Waals surface area (Å²) in [4.78, 5) is 34.0. The average molecular weight is 507 g/mol. The molecule has 0 aromatic carbocycles. The number of carbonyl (C=O) groups excluding carboxylic acids is 1. The van der Waals surface area contributed by atoms with Crippen LogP contribution in [0, 0.1) is 0 Å². The Morgan fingerprint density at radius 2 is 1.12 bits per heavy atom. The Balaban J connectivity index is 3.60. The van der Waals surface area contributed by atoms with Gasteiger partial charge in [0, 0.05) is 17.9 Å². The lowest BCUT2D eigenvalue weighted by Crippen LogP contribution is -2.42. The molecule has 0 aromatic heterocycles. The molecule has 1 amide bonds. The summed E-state index contributed by atoms with van der Waals surface area (Å²) in [5, 5.41) is 20.6. The topological polar surface area (TPSA) is 130 Å². The molecule has 5 N–H and O–H groups in total. The molecule has 0 heterocycles. The molecule has 33 heavy (non-hydrogen) atoms. The van der Waals surface area contributed by atoms with E-state index >= 15 is 0 Å². The fraction of sp³-hybridized carbons (Fsp3) is 0.875. The minimum absolute atomic E-state index is 0.164. The minimum atomic E-state index is -1.09. The monoisotopic (exact) mass is 506 g/mol. The molecule has 0 aliphatic rings. The van der Waals surface area contributed by atoms with Crippen LogP contribution in [0.2, 0.25) is 0 Å². The van der Waals surface area contributed by atoms with Gasteiger partial charge in [0.05, 0.1) is 0 Å². The third-order valence-corrected chi connectivity index (χ3v) is 7.97. The van der Waals surface area contributed by atoms with Crippen LogP contribution in [0.3, 0.4) is 0 Å². The Morgan fingerprint density at radius 3 is 1.55 bits per heavy atom. The molecule has 0 bridgehead atoms. The summed E-state index contributed by atoms with van der Waals surface area (Å²) < 4.78 is 0. The first kappa shape index (κ1) is 32.1. The summed E-state index contributed by atoms with van der Waals surface area (Å²) in [6.07, 6.45) is 19.2. The van der Waals surface area contributed by atoms with Crippen LogP contribution in [0.15, 0.2) is 0 Å². The summed E-state index contributed by atoms with van der Waals surface area (Å²) >= 11 is 0. The molecule has 194 valence electrons. The number of carboxylic acid groups (broad SMARTS) is 2. The zero-order valence-corrected chi connectivity index (χ0v) is 22.0. The molecular weight excluding hydrogens is 460 g/mol. The van der Waals surface area contributed by atoms with Crippen LogP contribution >= 0.6 is 21.6 Å². The lowest BCUT2D eigenvalue weighted by Gasteiger charge is -2.14. The maximum Gasteiger partial charge on any atom is 0.327 e. The lowest BCUT2D eigenvalue weighted by atomic mass is 10.0. The first-order valence-corrected chi connectivity index (χ1v) is 15.1. The number of aliphatic carboxylic acids is 2. The van der Waals surface area contributed by atoms with Crippen molar-refractivity contribution in [1.29, 1.82) is 0 Å². The second-order valence-corrected chi connectivity index (χ2v) is 11.2. The van der Waals surface area contributed by atoms with Gasteiger partial charge in [-0.15, -0.1) is 0 Å². The number of nitrogens with one attached hydrogen (secondary N) is 1. The maximum absolute atomic E-state index is 12.0. The molecule has 0 aliphatic heterocycles. The molecule has 7 nitrogen and oxygen atoms in total. The van der Waals surface area contributed by atoms with Gasteiger partial charge in [0.15, 0.2) is 0 Å². The van der Waals surface area contributed by atoms with Crippen molar-refractivity contribution < 1.29 is 24.6 Å². The highest BCUT2D eigenvalue weighted by Crippen LogP contribution is 2.22. The van der Waals surface area contributed by atoms with E-state index in [0.29, 0.717) is 6.42 Å². The van der Waals surface area contributed by atoms with Crippen LogP contribution in [-0.4, -0.2) is 51.6 Å². The zero-order valence-electron chi connectivity index (χ0n) is 20.4. The van der Waals surface area contributed by atoms with Crippen LogP contribution < -0.4 is 11.1 Å². The highest BCUT2D eigenvalue weighted by atomic mass is 33.1. The van der Waals surface area contributed by atoms with Gasteiger partial charge in [0.25, 0.3) is 0 Å². The molecule has 0 saturated carbocycles. The molecule has 0 aromatic rings. The van der Waals surface area contributed by atoms with Crippen molar-refractivity contribution in [3.05, 3.63) is 0 Å². The number of unbranched alkanes of at least 4 members (excludes halogenated alkanes) is 14. The van der Waals surface area contributed by atoms with Crippen LogP contribution in [0.4, 0.5) is 0 Å². The third kappa shape index (κ3) is 21.3. The fourth-order valence-corrected chi connectivity index (χ4v) is 5.68. The molecular formula is C24H46N2O5S2. The van der Waals surface area contributed by atoms with Gasteiger partial charge < -0.3 is 21.3 Å². The minimum Gasteiger partial charge on any atom is -0.480 e. The van der Waals surface area contributed by atoms with Crippen molar-refractivity contribution in [2.75, 3.05) is 11.5 Å². The van der Waals surface area contributed by atoms with Crippen molar-refractivity contribution in [3.63, 3.8) is 0 Å². The largest absolute Gasteiger partial charge is 0.480 e. The van der Waals surface area contributed by atoms with Gasteiger partial charge >= 0.3 is 11.9 Å². The van der Waals surface area contributed by atoms with Crippen molar-refractivity contribution >= 4 is 39.4 Å². The van der Waals surface area contributed by atoms with Crippen molar-refractivity contribution in [3.8, 4) is 0 Å². The molecule has 0 aliphatic carbocycles. The molecule has 0 fully saturated rings. The molecule has 2 atom stereocenters. The molecule has 0 spiro atoms. The lowest BCUT2D eigenvalue weighted by molar-refractivity contribution is -0.141. The maximum atomic E-state index is 12.0. The van der Waals surface area contributed by atoms with Gasteiger partial charge in [-0.25, -0.2) is 4.79 Å². The van der Waals surface area contributed by atoms with E-state index in [1.54, 1.807) is 0 Å². The molecule has 9 heteroatoms. The van der Waals surface area contributed by atoms with E-state index in [9.17, 15) is 19.5 Å². The van der Waals surface area contributed by atoms with E-state index in [1.165, 1.54) is 98.6 Å². The number of rotatable bonds is 24. The summed E-state index contributed by atoms with van der Waals surface area (Å²) in [5.41, 5.74) is 5.40. The van der Waals surface area contributed by atoms with Gasteiger partial charge in [-0.1, -0.05) is 118 Å². The summed E-state index contributed by atoms with van der Waals surface area (Å²) in [6.45, 7) is 2.25. The van der Waals surface area contributed by atoms with Crippen LogP contribution in [0.1, 0.15) is 110 Å². The summed E-state index contributed by atoms with van der Waals surface area (Å²) in [6, 6.07) is -1.96. The van der Waals surface area contributed by atoms with E-state index < -0.39 is 24.0 Å². The molecule has 0 radical (unpaired) electrons. The van der Waals surface area contributed by atoms with Gasteiger partial charge in [0.2, 0.25) is 5.91 Å². The highest BCUT2D eigenvalue weighted by molar-refractivity contribution is 8.76. The number of amides is 1. The van der Waals surface area contributed by atoms with Crippen LogP contribution in [0.5, 0.6) is 0 Å². The smallest absolute Gasteiger partial charge is 0.327 e. The van der Waals surface area contributed by atoms with Gasteiger partial charge in [-0.2, -0.15) is 0 Å². The van der Waals surface area contributed by atoms with E-state index in [1.807, 2.05) is 0 Å². The van der Waals surface area contributed by atoms with Crippen LogP contribution in [0.25, 0.3) is 0 Å². The van der Waals surface area contributed by atoms with Crippen molar-refractivity contribution in [1.82, 2.24) is 5.32 Å². The van der Waals surface area contributed by atoms with E-state index in [0.717, 1.165) is 19.3 Å². The second-order valence-electron chi connectivity index (χ2n) is 8.67. The predicted octanol–water partition coefficient (Wildman–Crippen LogP) is 5.61. The number of nitrogens with two attached hydrogens (primary N) is 1. The predicted molar refractivity (Wildman–Crippen MR) is 140 cm³/mol. The SMILES string of the molecule is CCCCCCCCCCCCCCCCCC(=O)N[C@@H](CSSCC(N)C(=O)O)C(=O)O. The van der Waals surface area contributed by atoms with Gasteiger partial charge in [0.1, 0.15) is 12.1 Å². The zero-order chi connectivity index (χ0) is 24.7. The Kier molecular flexibility index (Phi) is 22.2. The van der Waals surface area contributed by atoms with Gasteiger partial charge in [-0.05, 0) is 6.42 Å². The van der Waals surface area contributed by atoms with Crippen molar-refractivity contribution in [2.24, 2.45) is 5.73 Å². The Bertz CT molecular complexity index is 523. The molecule has 0 rings (SSSR count). The standard InChI is InChI=1S/C24H46N2O5S2/c1-2-3-4-5-6-7-8-9-10-11-12-13-14-15-16-17-22(27)26-21(24(30)31)19-33-32-18-20(25)23(28)29/h20-21H,2-19,25H2,1H3,(H,26,27)(H,28,29)(H,30,31)/t20?,21-/m0/s1. The van der Waals surface area contributed by atoms with E-state index in [2.05, 4.69) is 12.2 Å². The summed E-state index contributed by atoms with van der Waals surface area (Å²) in [5.74, 6) is -2.08. The molecule has 1 unspecified atom stereocenters. The molecule has 0 saturated heterocycles. The third-order valence-electron chi connectivity index (χ3n) is 5.52. The van der Waals surface area contributed by atoms with Gasteiger partial charge in [-0.3, -0.25) is 9.59 Å². The van der Waals surface area contributed by atoms with Crippen molar-refractivity contribution in [2.45, 2.75) is 122 Å². The average Bonchev–Trinajstić information content (AvgIpc) is 2.77. The fourth-order valence-electron chi connectivity index (χ4n) is 3.41. The summed E-state index contributed by atoms with van der Waals surface area (Å²) in [7, 11) is 2.40. The van der Waals surface area contributed by atoms with E-state index in [4.69, 9.17) is 10.8 Å². The Hall–Kier alpha value is -0.930. The highest BCUT2D eigenvalue weighted by Gasteiger charge is 2.20. The van der Waals surface area contributed by atoms with E-state index in [-0.39, 0.29) is 17.4 Å². The Morgan fingerprint density at radius 1 is 0.697 bits per heavy atom. The normalized spacial score (nSPS) is 12.9. The quantitative estimate of drug-likeness (QED) is 0.0981. The second kappa shape index (κ2) is 22.8. The number of carboxylic acids is 2. The first-order chi connectivity index (χ1) is 15.9. The first-order valence-electron chi connectivity index (χ1n) is 12.6. The Labute approximate surface area is 208 Å². The number of carbonyl (C=O) groups is 3.